The number of amides is 1. The molecule has 1 N–H and O–H groups in total. The second-order valence-electron chi connectivity index (χ2n) is 7.30. The smallest absolute Gasteiger partial charge is 0.310 e. The number of fused-ring (bicyclic) bond motifs is 1. The molecule has 4 rings (SSSR count). The topological polar surface area (TPSA) is 94.1 Å². The van der Waals surface area contributed by atoms with Crippen LogP contribution in [-0.4, -0.2) is 40.5 Å². The molecule has 1 unspecified atom stereocenters. The lowest BCUT2D eigenvalue weighted by atomic mass is 9.99. The van der Waals surface area contributed by atoms with Gasteiger partial charge in [0.25, 0.3) is 5.91 Å². The standard InChI is InChI=1S/C25H22N4O3/c1-32-25(31)19(14-17-6-10-26-11-7-17)16-28-24(30)21-15-23(18-8-12-27-13-9-18)29-22-5-3-2-4-20(21)22/h2-13,15,19H,14,16H2,1H3,(H,28,30). The maximum atomic E-state index is 13.2. The largest absolute Gasteiger partial charge is 0.469 e. The van der Waals surface area contributed by atoms with Crippen molar-refractivity contribution in [1.29, 1.82) is 0 Å². The molecule has 3 aromatic heterocycles. The van der Waals surface area contributed by atoms with Crippen LogP contribution in [0.4, 0.5) is 0 Å². The number of pyridine rings is 3. The Kier molecular flexibility index (Phi) is 6.46. The van der Waals surface area contributed by atoms with Crippen LogP contribution in [0.1, 0.15) is 15.9 Å². The number of methoxy groups -OCH3 is 1. The van der Waals surface area contributed by atoms with Crippen molar-refractivity contribution in [2.75, 3.05) is 13.7 Å². The lowest BCUT2D eigenvalue weighted by Gasteiger charge is -2.16. The molecule has 0 saturated carbocycles. The first-order chi connectivity index (χ1) is 15.7. The molecule has 160 valence electrons. The fourth-order valence-corrected chi connectivity index (χ4v) is 3.55. The highest BCUT2D eigenvalue weighted by atomic mass is 16.5. The monoisotopic (exact) mass is 426 g/mol. The number of aromatic nitrogens is 3. The molecule has 1 atom stereocenters. The van der Waals surface area contributed by atoms with Gasteiger partial charge in [-0.3, -0.25) is 19.6 Å². The fourth-order valence-electron chi connectivity index (χ4n) is 3.55. The van der Waals surface area contributed by atoms with Gasteiger partial charge in [-0.1, -0.05) is 18.2 Å². The molecule has 0 aliphatic carbocycles. The van der Waals surface area contributed by atoms with E-state index in [4.69, 9.17) is 9.72 Å². The van der Waals surface area contributed by atoms with E-state index in [9.17, 15) is 9.59 Å². The number of esters is 1. The zero-order valence-electron chi connectivity index (χ0n) is 17.6. The van der Waals surface area contributed by atoms with Gasteiger partial charge in [0.2, 0.25) is 0 Å². The molecule has 1 aromatic carbocycles. The Morgan fingerprint density at radius 2 is 1.66 bits per heavy atom. The van der Waals surface area contributed by atoms with Crippen LogP contribution in [0.5, 0.6) is 0 Å². The molecule has 7 heteroatoms. The van der Waals surface area contributed by atoms with Crippen molar-refractivity contribution in [1.82, 2.24) is 20.3 Å². The zero-order valence-corrected chi connectivity index (χ0v) is 17.6. The van der Waals surface area contributed by atoms with Gasteiger partial charge in [-0.05, 0) is 48.4 Å². The van der Waals surface area contributed by atoms with Crippen molar-refractivity contribution in [3.8, 4) is 11.3 Å². The third-order valence-corrected chi connectivity index (χ3v) is 5.21. The summed E-state index contributed by atoms with van der Waals surface area (Å²) in [5, 5.41) is 3.65. The lowest BCUT2D eigenvalue weighted by molar-refractivity contribution is -0.145. The predicted molar refractivity (Wildman–Crippen MR) is 121 cm³/mol. The Morgan fingerprint density at radius 1 is 0.969 bits per heavy atom. The number of carbonyl (C=O) groups excluding carboxylic acids is 2. The summed E-state index contributed by atoms with van der Waals surface area (Å²) >= 11 is 0. The van der Waals surface area contributed by atoms with Gasteiger partial charge in [0.1, 0.15) is 0 Å². The van der Waals surface area contributed by atoms with Crippen LogP contribution in [0.2, 0.25) is 0 Å². The summed E-state index contributed by atoms with van der Waals surface area (Å²) in [5.74, 6) is -1.17. The van der Waals surface area contributed by atoms with Gasteiger partial charge in [0.15, 0.2) is 0 Å². The van der Waals surface area contributed by atoms with Crippen LogP contribution < -0.4 is 5.32 Å². The lowest BCUT2D eigenvalue weighted by Crippen LogP contribution is -2.35. The predicted octanol–water partition coefficient (Wildman–Crippen LogP) is 3.45. The van der Waals surface area contributed by atoms with Crippen LogP contribution in [-0.2, 0) is 16.0 Å². The van der Waals surface area contributed by atoms with Gasteiger partial charge in [0, 0.05) is 42.3 Å². The van der Waals surface area contributed by atoms with Gasteiger partial charge in [-0.15, -0.1) is 0 Å². The Labute approximate surface area is 185 Å². The van der Waals surface area contributed by atoms with Crippen molar-refractivity contribution in [3.63, 3.8) is 0 Å². The maximum absolute atomic E-state index is 13.2. The molecule has 32 heavy (non-hydrogen) atoms. The first kappa shape index (κ1) is 21.1. The minimum atomic E-state index is -0.515. The van der Waals surface area contributed by atoms with E-state index in [0.29, 0.717) is 23.2 Å². The third-order valence-electron chi connectivity index (χ3n) is 5.21. The molecule has 3 heterocycles. The van der Waals surface area contributed by atoms with Gasteiger partial charge in [0.05, 0.1) is 29.8 Å². The summed E-state index contributed by atoms with van der Waals surface area (Å²) in [5.41, 5.74) is 3.70. The third kappa shape index (κ3) is 4.78. The molecule has 4 aromatic rings. The number of ether oxygens (including phenoxy) is 1. The van der Waals surface area contributed by atoms with Crippen molar-refractivity contribution in [2.24, 2.45) is 5.92 Å². The molecule has 0 aliphatic heterocycles. The Hall–Kier alpha value is -4.13. The van der Waals surface area contributed by atoms with E-state index in [0.717, 1.165) is 16.5 Å². The quantitative estimate of drug-likeness (QED) is 0.455. The average molecular weight is 426 g/mol. The van der Waals surface area contributed by atoms with E-state index < -0.39 is 5.92 Å². The van der Waals surface area contributed by atoms with Crippen LogP contribution >= 0.6 is 0 Å². The summed E-state index contributed by atoms with van der Waals surface area (Å²) in [6.07, 6.45) is 7.16. The van der Waals surface area contributed by atoms with E-state index in [-0.39, 0.29) is 18.4 Å². The van der Waals surface area contributed by atoms with Crippen LogP contribution in [0.15, 0.2) is 79.4 Å². The highest BCUT2D eigenvalue weighted by Crippen LogP contribution is 2.24. The van der Waals surface area contributed by atoms with E-state index in [1.807, 2.05) is 48.5 Å². The molecule has 0 aliphatic rings. The summed E-state index contributed by atoms with van der Waals surface area (Å²) in [7, 11) is 1.35. The minimum Gasteiger partial charge on any atom is -0.469 e. The number of para-hydroxylation sites is 1. The second kappa shape index (κ2) is 9.78. The van der Waals surface area contributed by atoms with Crippen LogP contribution in [0.25, 0.3) is 22.2 Å². The number of rotatable bonds is 7. The molecule has 1 amide bonds. The molecule has 0 saturated heterocycles. The Bertz CT molecular complexity index is 1230. The Morgan fingerprint density at radius 3 is 2.38 bits per heavy atom. The fraction of sp³-hybridized carbons (Fsp3) is 0.160. The average Bonchev–Trinajstić information content (AvgIpc) is 2.86. The molecule has 0 bridgehead atoms. The molecular formula is C25H22N4O3. The van der Waals surface area contributed by atoms with Crippen molar-refractivity contribution >= 4 is 22.8 Å². The number of hydrogen-bond acceptors (Lipinski definition) is 6. The Balaban J connectivity index is 1.60. The van der Waals surface area contributed by atoms with Gasteiger partial charge < -0.3 is 10.1 Å². The van der Waals surface area contributed by atoms with E-state index >= 15 is 0 Å². The molecule has 0 radical (unpaired) electrons. The summed E-state index contributed by atoms with van der Waals surface area (Å²) < 4.78 is 4.95. The number of benzene rings is 1. The number of nitrogens with one attached hydrogen (secondary N) is 1. The van der Waals surface area contributed by atoms with Gasteiger partial charge >= 0.3 is 5.97 Å². The van der Waals surface area contributed by atoms with Gasteiger partial charge in [-0.2, -0.15) is 0 Å². The zero-order chi connectivity index (χ0) is 22.3. The van der Waals surface area contributed by atoms with E-state index in [1.165, 1.54) is 7.11 Å². The van der Waals surface area contributed by atoms with Crippen molar-refractivity contribution in [3.05, 3.63) is 90.5 Å². The number of hydrogen-bond donors (Lipinski definition) is 1. The molecule has 0 fully saturated rings. The minimum absolute atomic E-state index is 0.148. The first-order valence-corrected chi connectivity index (χ1v) is 10.2. The summed E-state index contributed by atoms with van der Waals surface area (Å²) in [6, 6.07) is 16.6. The first-order valence-electron chi connectivity index (χ1n) is 10.2. The molecule has 0 spiro atoms. The number of carbonyl (C=O) groups is 2. The normalized spacial score (nSPS) is 11.7. The van der Waals surface area contributed by atoms with Crippen LogP contribution in [0.3, 0.4) is 0 Å². The van der Waals surface area contributed by atoms with Gasteiger partial charge in [-0.25, -0.2) is 4.98 Å². The summed E-state index contributed by atoms with van der Waals surface area (Å²) in [4.78, 5) is 38.2. The van der Waals surface area contributed by atoms with E-state index in [2.05, 4.69) is 15.3 Å². The molecule has 7 nitrogen and oxygen atoms in total. The molecular weight excluding hydrogens is 404 g/mol. The maximum Gasteiger partial charge on any atom is 0.310 e. The highest BCUT2D eigenvalue weighted by Gasteiger charge is 2.22. The second-order valence-corrected chi connectivity index (χ2v) is 7.30. The SMILES string of the molecule is COC(=O)C(CNC(=O)c1cc(-c2ccncc2)nc2ccccc12)Cc1ccncc1. The van der Waals surface area contributed by atoms with E-state index in [1.54, 1.807) is 30.9 Å². The number of nitrogens with zero attached hydrogens (tertiary/aromatic N) is 3. The van der Waals surface area contributed by atoms with Crippen LogP contribution in [0, 0.1) is 5.92 Å². The van der Waals surface area contributed by atoms with Crippen molar-refractivity contribution < 1.29 is 14.3 Å². The van der Waals surface area contributed by atoms with Crippen molar-refractivity contribution in [2.45, 2.75) is 6.42 Å². The summed E-state index contributed by atoms with van der Waals surface area (Å²) in [6.45, 7) is 0.148. The highest BCUT2D eigenvalue weighted by molar-refractivity contribution is 6.07.